The number of aliphatic hydroxyl groups excluding tert-OH is 1. The van der Waals surface area contributed by atoms with Crippen molar-refractivity contribution in [1.29, 1.82) is 0 Å². The van der Waals surface area contributed by atoms with Gasteiger partial charge >= 0.3 is 0 Å². The second-order valence-electron chi connectivity index (χ2n) is 6.19. The molecule has 0 saturated heterocycles. The molecule has 0 fully saturated rings. The van der Waals surface area contributed by atoms with Gasteiger partial charge in [0.25, 0.3) is 0 Å². The molecule has 0 aliphatic rings. The Bertz CT molecular complexity index is 702. The average molecular weight is 390 g/mol. The van der Waals surface area contributed by atoms with Crippen LogP contribution in [-0.4, -0.2) is 10.1 Å². The van der Waals surface area contributed by atoms with E-state index in [9.17, 15) is 5.11 Å². The van der Waals surface area contributed by atoms with Gasteiger partial charge in [0.1, 0.15) is 18.5 Å². The minimum absolute atomic E-state index is 0.428. The van der Waals surface area contributed by atoms with Crippen molar-refractivity contribution in [2.24, 2.45) is 5.41 Å². The first-order valence-electron chi connectivity index (χ1n) is 8.06. The Morgan fingerprint density at radius 2 is 2.04 bits per heavy atom. The molecule has 1 N–H and O–H groups in total. The van der Waals surface area contributed by atoms with E-state index in [1.807, 2.05) is 51.1 Å². The summed E-state index contributed by atoms with van der Waals surface area (Å²) >= 11 is 3.50. The van der Waals surface area contributed by atoms with Crippen LogP contribution in [0.4, 0.5) is 0 Å². The van der Waals surface area contributed by atoms with Crippen molar-refractivity contribution in [3.63, 3.8) is 0 Å². The average Bonchev–Trinajstić information content (AvgIpc) is 2.61. The van der Waals surface area contributed by atoms with Crippen LogP contribution in [-0.2, 0) is 6.61 Å². The lowest BCUT2D eigenvalue weighted by molar-refractivity contribution is 0.0626. The Balaban J connectivity index is 2.31. The normalized spacial score (nSPS) is 14.7. The third kappa shape index (κ3) is 3.87. The first-order chi connectivity index (χ1) is 11.4. The summed E-state index contributed by atoms with van der Waals surface area (Å²) in [6.45, 7) is 10.3. The van der Waals surface area contributed by atoms with Gasteiger partial charge in [-0.3, -0.25) is 4.98 Å². The van der Waals surface area contributed by atoms with E-state index in [4.69, 9.17) is 4.74 Å². The van der Waals surface area contributed by atoms with Gasteiger partial charge in [-0.05, 0) is 34.8 Å². The summed E-state index contributed by atoms with van der Waals surface area (Å²) in [4.78, 5) is 4.43. The van der Waals surface area contributed by atoms with E-state index < -0.39 is 11.5 Å². The summed E-state index contributed by atoms with van der Waals surface area (Å²) in [7, 11) is 0. The summed E-state index contributed by atoms with van der Waals surface area (Å²) in [5.74, 6) is 0.713. The Kier molecular flexibility index (Phi) is 6.19. The van der Waals surface area contributed by atoms with Gasteiger partial charge in [-0.15, -0.1) is 6.58 Å². The number of pyridine rings is 1. The van der Waals surface area contributed by atoms with E-state index in [1.54, 1.807) is 12.3 Å². The fourth-order valence-corrected chi connectivity index (χ4v) is 3.04. The fraction of sp³-hybridized carbons (Fsp3) is 0.350. The quantitative estimate of drug-likeness (QED) is 0.647. The topological polar surface area (TPSA) is 42.4 Å². The van der Waals surface area contributed by atoms with Crippen LogP contribution in [0.5, 0.6) is 5.75 Å². The Morgan fingerprint density at radius 3 is 2.62 bits per heavy atom. The summed E-state index contributed by atoms with van der Waals surface area (Å²) in [5.41, 5.74) is 2.13. The molecule has 4 heteroatoms. The van der Waals surface area contributed by atoms with Crippen LogP contribution >= 0.6 is 15.9 Å². The third-order valence-corrected chi connectivity index (χ3v) is 5.16. The molecule has 0 aliphatic carbocycles. The van der Waals surface area contributed by atoms with Crippen molar-refractivity contribution in [3.05, 3.63) is 70.5 Å². The predicted octanol–water partition coefficient (Wildman–Crippen LogP) is 5.37. The smallest absolute Gasteiger partial charge is 0.140 e. The number of nitrogens with zero attached hydrogens (tertiary/aromatic N) is 1. The third-order valence-electron chi connectivity index (χ3n) is 4.60. The van der Waals surface area contributed by atoms with Gasteiger partial charge in [-0.1, -0.05) is 50.3 Å². The molecule has 0 amide bonds. The maximum absolute atomic E-state index is 10.8. The maximum Gasteiger partial charge on any atom is 0.140 e. The van der Waals surface area contributed by atoms with Crippen molar-refractivity contribution >= 4 is 15.9 Å². The van der Waals surface area contributed by atoms with Crippen LogP contribution in [0.15, 0.2) is 53.7 Å². The molecule has 0 bridgehead atoms. The monoisotopic (exact) mass is 389 g/mol. The molecule has 0 spiro atoms. The number of benzene rings is 1. The van der Waals surface area contributed by atoms with Crippen LogP contribution in [0.2, 0.25) is 0 Å². The highest BCUT2D eigenvalue weighted by molar-refractivity contribution is 9.10. The van der Waals surface area contributed by atoms with E-state index in [-0.39, 0.29) is 0 Å². The van der Waals surface area contributed by atoms with E-state index in [2.05, 4.69) is 27.5 Å². The summed E-state index contributed by atoms with van der Waals surface area (Å²) in [5, 5.41) is 10.8. The molecule has 128 valence electrons. The van der Waals surface area contributed by atoms with E-state index in [0.29, 0.717) is 18.1 Å². The molecule has 0 aliphatic heterocycles. The minimum Gasteiger partial charge on any atom is -0.487 e. The van der Waals surface area contributed by atoms with Crippen molar-refractivity contribution in [1.82, 2.24) is 4.98 Å². The van der Waals surface area contributed by atoms with Gasteiger partial charge in [-0.25, -0.2) is 0 Å². The van der Waals surface area contributed by atoms with Crippen LogP contribution < -0.4 is 4.74 Å². The molecular weight excluding hydrogens is 366 g/mol. The number of aliphatic hydroxyl groups is 1. The number of rotatable bonds is 7. The van der Waals surface area contributed by atoms with E-state index in [0.717, 1.165) is 22.0 Å². The Hall–Kier alpha value is -1.65. The van der Waals surface area contributed by atoms with Gasteiger partial charge in [0.15, 0.2) is 0 Å². The second kappa shape index (κ2) is 7.95. The molecule has 1 heterocycles. The lowest BCUT2D eigenvalue weighted by atomic mass is 9.79. The van der Waals surface area contributed by atoms with Crippen LogP contribution in [0.1, 0.15) is 43.2 Å². The Morgan fingerprint density at radius 1 is 1.38 bits per heavy atom. The molecule has 0 saturated carbocycles. The first kappa shape index (κ1) is 18.7. The summed E-state index contributed by atoms with van der Waals surface area (Å²) < 4.78 is 6.78. The van der Waals surface area contributed by atoms with Crippen molar-refractivity contribution < 1.29 is 9.84 Å². The highest BCUT2D eigenvalue weighted by Crippen LogP contribution is 2.41. The zero-order chi connectivity index (χ0) is 17.7. The molecule has 0 radical (unpaired) electrons. The summed E-state index contributed by atoms with van der Waals surface area (Å²) in [6.07, 6.45) is 3.53. The van der Waals surface area contributed by atoms with E-state index in [1.165, 1.54) is 0 Å². The zero-order valence-electron chi connectivity index (χ0n) is 14.4. The SMILES string of the molecule is C=CC(C)(CC)C(O)c1ncc(Br)c(OCc2ccccc2)c1C. The summed E-state index contributed by atoms with van der Waals surface area (Å²) in [6, 6.07) is 9.99. The van der Waals surface area contributed by atoms with Gasteiger partial charge in [-0.2, -0.15) is 0 Å². The molecule has 24 heavy (non-hydrogen) atoms. The standard InChI is InChI=1S/C20H24BrNO2/c1-5-20(4,6-2)19(23)17-14(3)18(16(21)12-22-17)24-13-15-10-8-7-9-11-15/h5,7-12,19,23H,1,6,13H2,2-4H3. The maximum atomic E-state index is 10.8. The molecule has 2 aromatic rings. The van der Waals surface area contributed by atoms with Crippen LogP contribution in [0.25, 0.3) is 0 Å². The largest absolute Gasteiger partial charge is 0.487 e. The lowest BCUT2D eigenvalue weighted by Gasteiger charge is -2.31. The highest BCUT2D eigenvalue weighted by Gasteiger charge is 2.32. The molecule has 2 rings (SSSR count). The van der Waals surface area contributed by atoms with E-state index >= 15 is 0 Å². The number of halogens is 1. The van der Waals surface area contributed by atoms with Crippen LogP contribution in [0.3, 0.4) is 0 Å². The number of hydrogen-bond acceptors (Lipinski definition) is 3. The van der Waals surface area contributed by atoms with Gasteiger partial charge < -0.3 is 9.84 Å². The number of hydrogen-bond donors (Lipinski definition) is 1. The van der Waals surface area contributed by atoms with Gasteiger partial charge in [0.05, 0.1) is 10.2 Å². The van der Waals surface area contributed by atoms with Crippen molar-refractivity contribution in [3.8, 4) is 5.75 Å². The first-order valence-corrected chi connectivity index (χ1v) is 8.85. The molecule has 1 aromatic carbocycles. The predicted molar refractivity (Wildman–Crippen MR) is 101 cm³/mol. The highest BCUT2D eigenvalue weighted by atomic mass is 79.9. The molecular formula is C20H24BrNO2. The molecule has 2 atom stereocenters. The zero-order valence-corrected chi connectivity index (χ0v) is 16.0. The lowest BCUT2D eigenvalue weighted by Crippen LogP contribution is -2.24. The molecule has 2 unspecified atom stereocenters. The second-order valence-corrected chi connectivity index (χ2v) is 7.04. The Labute approximate surface area is 152 Å². The van der Waals surface area contributed by atoms with Gasteiger partial charge in [0.2, 0.25) is 0 Å². The fourth-order valence-electron chi connectivity index (χ4n) is 2.52. The van der Waals surface area contributed by atoms with Crippen molar-refractivity contribution in [2.75, 3.05) is 0 Å². The molecule has 3 nitrogen and oxygen atoms in total. The van der Waals surface area contributed by atoms with Crippen molar-refractivity contribution in [2.45, 2.75) is 39.9 Å². The number of aromatic nitrogens is 1. The van der Waals surface area contributed by atoms with Crippen LogP contribution in [0, 0.1) is 12.3 Å². The van der Waals surface area contributed by atoms with Gasteiger partial charge in [0, 0.05) is 17.2 Å². The molecule has 1 aromatic heterocycles. The minimum atomic E-state index is -0.729. The number of ether oxygens (including phenoxy) is 1.